The van der Waals surface area contributed by atoms with E-state index in [4.69, 9.17) is 11.6 Å². The highest BCUT2D eigenvalue weighted by Crippen LogP contribution is 2.32. The molecule has 1 aromatic carbocycles. The van der Waals surface area contributed by atoms with Crippen molar-refractivity contribution in [2.75, 3.05) is 5.75 Å². The average Bonchev–Trinajstić information content (AvgIpc) is 2.26. The molecule has 0 saturated carbocycles. The molecule has 0 saturated heterocycles. The number of aryl methyl sites for hydroxylation is 1. The van der Waals surface area contributed by atoms with Crippen molar-refractivity contribution < 1.29 is 18.0 Å². The molecular weight excluding hydrogens is 273 g/mol. The number of rotatable bonds is 4. The summed E-state index contributed by atoms with van der Waals surface area (Å²) in [5.41, 5.74) is -0.424. The fourth-order valence-corrected chi connectivity index (χ4v) is 1.67. The third-order valence-electron chi connectivity index (χ3n) is 2.22. The molecule has 0 amide bonds. The van der Waals surface area contributed by atoms with Gasteiger partial charge < -0.3 is 0 Å². The van der Waals surface area contributed by atoms with Gasteiger partial charge in [-0.3, -0.25) is 4.79 Å². The third-order valence-corrected chi connectivity index (χ3v) is 2.94. The summed E-state index contributed by atoms with van der Waals surface area (Å²) in [7, 11) is 0. The number of carbonyl (C=O) groups excluding carboxylic acids is 1. The Morgan fingerprint density at radius 3 is 2.53 bits per heavy atom. The van der Waals surface area contributed by atoms with E-state index in [1.807, 2.05) is 0 Å². The number of halogens is 4. The van der Waals surface area contributed by atoms with E-state index in [2.05, 4.69) is 12.6 Å². The molecule has 17 heavy (non-hydrogen) atoms. The van der Waals surface area contributed by atoms with E-state index in [-0.39, 0.29) is 29.4 Å². The van der Waals surface area contributed by atoms with Crippen LogP contribution in [0, 0.1) is 0 Å². The number of hydrogen-bond acceptors (Lipinski definition) is 2. The zero-order chi connectivity index (χ0) is 13.1. The van der Waals surface area contributed by atoms with Gasteiger partial charge in [0, 0.05) is 17.2 Å². The van der Waals surface area contributed by atoms with Crippen LogP contribution in [0.1, 0.15) is 17.5 Å². The summed E-state index contributed by atoms with van der Waals surface area (Å²) in [6.07, 6.45) is -4.06. The number of carbonyl (C=O) groups is 1. The Labute approximate surface area is 107 Å². The smallest absolute Gasteiger partial charge is 0.299 e. The molecule has 0 radical (unpaired) electrons. The Bertz CT molecular complexity index is 418. The van der Waals surface area contributed by atoms with E-state index < -0.39 is 11.7 Å². The largest absolute Gasteiger partial charge is 0.416 e. The maximum Gasteiger partial charge on any atom is 0.416 e. The van der Waals surface area contributed by atoms with Crippen molar-refractivity contribution in [2.45, 2.75) is 19.0 Å². The Hall–Kier alpha value is -0.680. The number of alkyl halides is 3. The molecule has 0 bridgehead atoms. The van der Waals surface area contributed by atoms with Crippen LogP contribution in [-0.4, -0.2) is 11.5 Å². The van der Waals surface area contributed by atoms with Crippen molar-refractivity contribution >= 4 is 30.0 Å². The third kappa shape index (κ3) is 4.24. The van der Waals surface area contributed by atoms with Crippen LogP contribution in [0.2, 0.25) is 5.02 Å². The normalized spacial score (nSPS) is 11.6. The Balaban J connectivity index is 2.88. The molecule has 0 aliphatic rings. The summed E-state index contributed by atoms with van der Waals surface area (Å²) in [6, 6.07) is 3.10. The summed E-state index contributed by atoms with van der Waals surface area (Å²) < 4.78 is 37.3. The standard InChI is InChI=1S/C11H10ClF3OS/c12-10-4-2-8(11(13,14)15)5-7(10)1-3-9(16)6-17/h2,4-5,17H,1,3,6H2. The minimum absolute atomic E-state index is 0.0799. The van der Waals surface area contributed by atoms with Gasteiger partial charge in [-0.2, -0.15) is 25.8 Å². The topological polar surface area (TPSA) is 17.1 Å². The zero-order valence-corrected chi connectivity index (χ0v) is 10.4. The van der Waals surface area contributed by atoms with Gasteiger partial charge in [-0.15, -0.1) is 0 Å². The van der Waals surface area contributed by atoms with Gasteiger partial charge in [0.15, 0.2) is 0 Å². The lowest BCUT2D eigenvalue weighted by Gasteiger charge is -2.10. The monoisotopic (exact) mass is 282 g/mol. The molecule has 0 unspecified atom stereocenters. The average molecular weight is 283 g/mol. The molecule has 0 atom stereocenters. The van der Waals surface area contributed by atoms with Gasteiger partial charge in [-0.25, -0.2) is 0 Å². The summed E-state index contributed by atoms with van der Waals surface area (Å²) >= 11 is 9.57. The lowest BCUT2D eigenvalue weighted by molar-refractivity contribution is -0.137. The van der Waals surface area contributed by atoms with Crippen LogP contribution in [0.3, 0.4) is 0 Å². The van der Waals surface area contributed by atoms with Crippen molar-refractivity contribution in [3.8, 4) is 0 Å². The van der Waals surface area contributed by atoms with E-state index in [1.54, 1.807) is 0 Å². The summed E-state index contributed by atoms with van der Waals surface area (Å²) in [5.74, 6) is -0.0434. The molecule has 6 heteroatoms. The zero-order valence-electron chi connectivity index (χ0n) is 8.72. The first-order valence-electron chi connectivity index (χ1n) is 4.82. The minimum Gasteiger partial charge on any atom is -0.299 e. The molecule has 0 heterocycles. The van der Waals surface area contributed by atoms with Gasteiger partial charge in [-0.05, 0) is 30.2 Å². The minimum atomic E-state index is -4.40. The Morgan fingerprint density at radius 1 is 1.35 bits per heavy atom. The van der Waals surface area contributed by atoms with Crippen LogP contribution in [0.5, 0.6) is 0 Å². The molecule has 0 spiro atoms. The van der Waals surface area contributed by atoms with Crippen molar-refractivity contribution in [1.29, 1.82) is 0 Å². The van der Waals surface area contributed by atoms with Crippen molar-refractivity contribution in [1.82, 2.24) is 0 Å². The number of Topliss-reactive ketones (excluding diaryl/α,β-unsaturated/α-hetero) is 1. The molecule has 1 aromatic rings. The maximum atomic E-state index is 12.4. The quantitative estimate of drug-likeness (QED) is 0.832. The van der Waals surface area contributed by atoms with Gasteiger partial charge in [-0.1, -0.05) is 11.6 Å². The molecule has 1 rings (SSSR count). The van der Waals surface area contributed by atoms with E-state index >= 15 is 0 Å². The molecule has 1 nitrogen and oxygen atoms in total. The fraction of sp³-hybridized carbons (Fsp3) is 0.364. The number of benzene rings is 1. The molecule has 0 aliphatic carbocycles. The van der Waals surface area contributed by atoms with Crippen LogP contribution in [-0.2, 0) is 17.4 Å². The van der Waals surface area contributed by atoms with Crippen LogP contribution in [0.4, 0.5) is 13.2 Å². The first kappa shape index (κ1) is 14.4. The Kier molecular flexibility index (Phi) is 4.89. The Morgan fingerprint density at radius 2 is 2.00 bits per heavy atom. The first-order valence-corrected chi connectivity index (χ1v) is 5.84. The second-order valence-corrected chi connectivity index (χ2v) is 4.22. The van der Waals surface area contributed by atoms with Crippen molar-refractivity contribution in [3.05, 3.63) is 34.3 Å². The van der Waals surface area contributed by atoms with Crippen molar-refractivity contribution in [3.63, 3.8) is 0 Å². The highest BCUT2D eigenvalue weighted by molar-refractivity contribution is 7.81. The summed E-state index contributed by atoms with van der Waals surface area (Å²) in [6.45, 7) is 0. The van der Waals surface area contributed by atoms with E-state index in [1.165, 1.54) is 6.07 Å². The van der Waals surface area contributed by atoms with Gasteiger partial charge >= 0.3 is 6.18 Å². The highest BCUT2D eigenvalue weighted by Gasteiger charge is 2.30. The predicted octanol–water partition coefficient (Wildman–Crippen LogP) is 3.79. The van der Waals surface area contributed by atoms with E-state index in [0.29, 0.717) is 5.56 Å². The molecule has 94 valence electrons. The lowest BCUT2D eigenvalue weighted by Crippen LogP contribution is -2.07. The predicted molar refractivity (Wildman–Crippen MR) is 63.6 cm³/mol. The molecule has 0 aliphatic heterocycles. The molecule has 0 aromatic heterocycles. The summed E-state index contributed by atoms with van der Waals surface area (Å²) in [5, 5.41) is 0.241. The number of hydrogen-bond donors (Lipinski definition) is 1. The lowest BCUT2D eigenvalue weighted by atomic mass is 10.0. The number of thiol groups is 1. The second-order valence-electron chi connectivity index (χ2n) is 3.50. The summed E-state index contributed by atoms with van der Waals surface area (Å²) in [4.78, 5) is 11.0. The second kappa shape index (κ2) is 5.78. The maximum absolute atomic E-state index is 12.4. The van der Waals surface area contributed by atoms with Crippen LogP contribution >= 0.6 is 24.2 Å². The van der Waals surface area contributed by atoms with Gasteiger partial charge in [0.2, 0.25) is 0 Å². The van der Waals surface area contributed by atoms with Crippen molar-refractivity contribution in [2.24, 2.45) is 0 Å². The first-order chi connectivity index (χ1) is 7.84. The highest BCUT2D eigenvalue weighted by atomic mass is 35.5. The fourth-order valence-electron chi connectivity index (χ4n) is 1.30. The SMILES string of the molecule is O=C(CS)CCc1cc(C(F)(F)F)ccc1Cl. The molecule has 0 N–H and O–H groups in total. The van der Waals surface area contributed by atoms with Gasteiger partial charge in [0.05, 0.1) is 5.56 Å². The van der Waals surface area contributed by atoms with Crippen LogP contribution < -0.4 is 0 Å². The van der Waals surface area contributed by atoms with Crippen LogP contribution in [0.25, 0.3) is 0 Å². The van der Waals surface area contributed by atoms with E-state index in [9.17, 15) is 18.0 Å². The molecular formula is C11H10ClF3OS. The van der Waals surface area contributed by atoms with E-state index in [0.717, 1.165) is 12.1 Å². The van der Waals surface area contributed by atoms with Gasteiger partial charge in [0.25, 0.3) is 0 Å². The van der Waals surface area contributed by atoms with Crippen LogP contribution in [0.15, 0.2) is 18.2 Å². The van der Waals surface area contributed by atoms with Gasteiger partial charge in [0.1, 0.15) is 5.78 Å². The number of ketones is 1. The molecule has 0 fully saturated rings.